The molecule has 0 amide bonds. The van der Waals surface area contributed by atoms with E-state index in [2.05, 4.69) is 19.1 Å². The molecule has 19 heavy (non-hydrogen) atoms. The Kier molecular flexibility index (Phi) is 27.2. The van der Waals surface area contributed by atoms with E-state index in [0.29, 0.717) is 5.92 Å². The maximum atomic E-state index is 11.2. The maximum Gasteiger partial charge on any atom is 0.133 e. The highest BCUT2D eigenvalue weighted by molar-refractivity contribution is 5.78. The van der Waals surface area contributed by atoms with E-state index in [1.165, 1.54) is 5.56 Å². The first-order valence-electron chi connectivity index (χ1n) is 5.13. The molecule has 0 aliphatic heterocycles. The third-order valence-corrected chi connectivity index (χ3v) is 2.72. The second-order valence-corrected chi connectivity index (χ2v) is 3.60. The third-order valence-electron chi connectivity index (χ3n) is 2.72. The maximum absolute atomic E-state index is 11.2. The minimum absolute atomic E-state index is 0. The Morgan fingerprint density at radius 3 is 1.63 bits per heavy atom. The van der Waals surface area contributed by atoms with Gasteiger partial charge in [0, 0.05) is 13.0 Å². The molecule has 0 spiro atoms. The van der Waals surface area contributed by atoms with Crippen molar-refractivity contribution in [1.82, 2.24) is 0 Å². The molecular weight excluding hydrogens is 236 g/mol. The second-order valence-electron chi connectivity index (χ2n) is 3.60. The van der Waals surface area contributed by atoms with Crippen LogP contribution in [-0.2, 0) is 4.79 Å². The molecule has 0 saturated heterocycles. The monoisotopic (exact) mass is 272 g/mol. The molecule has 0 aromatic heterocycles. The predicted molar refractivity (Wildman–Crippen MR) is 89.8 cm³/mol. The summed E-state index contributed by atoms with van der Waals surface area (Å²) in [6, 6.07) is 10.2. The first-order chi connectivity index (χ1) is 7.13. The van der Waals surface area contributed by atoms with Crippen LogP contribution in [0.15, 0.2) is 30.3 Å². The lowest BCUT2D eigenvalue weighted by Crippen LogP contribution is -2.14. The van der Waals surface area contributed by atoms with E-state index in [4.69, 9.17) is 5.11 Å². The molecule has 1 aromatic carbocycles. The van der Waals surface area contributed by atoms with E-state index in [1.54, 1.807) is 6.92 Å². The lowest BCUT2D eigenvalue weighted by Gasteiger charge is -2.17. The molecule has 2 atom stereocenters. The van der Waals surface area contributed by atoms with Crippen molar-refractivity contribution in [2.75, 3.05) is 7.11 Å². The number of hydrogen-bond acceptors (Lipinski definition) is 2. The Hall–Kier alpha value is -1.15. The second kappa shape index (κ2) is 16.9. The van der Waals surface area contributed by atoms with Crippen molar-refractivity contribution in [2.45, 2.75) is 56.4 Å². The van der Waals surface area contributed by atoms with Gasteiger partial charge in [-0.1, -0.05) is 73.9 Å². The molecular formula is C17H36O2. The molecule has 116 valence electrons. The standard InChI is InChI=1S/C12H16O.CH4O.4CH4/c1-9(11(3)13)10(2)12-7-5-4-6-8-12;1-2;;;;/h4-10H,1-3H3;2H,1H3;4*1H4. The number of ketones is 1. The van der Waals surface area contributed by atoms with Gasteiger partial charge in [-0.15, -0.1) is 0 Å². The Morgan fingerprint density at radius 2 is 1.32 bits per heavy atom. The summed E-state index contributed by atoms with van der Waals surface area (Å²) in [5, 5.41) is 7.00. The number of aliphatic hydroxyl groups is 1. The van der Waals surface area contributed by atoms with Gasteiger partial charge in [0.1, 0.15) is 5.78 Å². The Morgan fingerprint density at radius 1 is 0.947 bits per heavy atom. The third kappa shape index (κ3) is 10.5. The van der Waals surface area contributed by atoms with Gasteiger partial charge in [-0.3, -0.25) is 4.79 Å². The van der Waals surface area contributed by atoms with Gasteiger partial charge >= 0.3 is 0 Å². The van der Waals surface area contributed by atoms with Gasteiger partial charge in [0.2, 0.25) is 0 Å². The van der Waals surface area contributed by atoms with Gasteiger partial charge in [0.05, 0.1) is 0 Å². The molecule has 0 aliphatic rings. The number of benzene rings is 1. The molecule has 0 heterocycles. The molecule has 2 heteroatoms. The summed E-state index contributed by atoms with van der Waals surface area (Å²) < 4.78 is 0. The highest BCUT2D eigenvalue weighted by Gasteiger charge is 2.17. The summed E-state index contributed by atoms with van der Waals surface area (Å²) in [6.07, 6.45) is 0. The van der Waals surface area contributed by atoms with Crippen LogP contribution in [-0.4, -0.2) is 18.0 Å². The van der Waals surface area contributed by atoms with Crippen LogP contribution in [0.1, 0.15) is 62.0 Å². The van der Waals surface area contributed by atoms with Gasteiger partial charge in [-0.2, -0.15) is 0 Å². The Labute approximate surface area is 121 Å². The normalized spacial score (nSPS) is 10.6. The summed E-state index contributed by atoms with van der Waals surface area (Å²) in [4.78, 5) is 11.2. The molecule has 0 saturated carbocycles. The van der Waals surface area contributed by atoms with E-state index in [0.717, 1.165) is 7.11 Å². The van der Waals surface area contributed by atoms with Crippen LogP contribution in [0, 0.1) is 5.92 Å². The van der Waals surface area contributed by atoms with Crippen molar-refractivity contribution in [3.05, 3.63) is 35.9 Å². The molecule has 1 aromatic rings. The molecule has 1 N–H and O–H groups in total. The highest BCUT2D eigenvalue weighted by Crippen LogP contribution is 2.23. The lowest BCUT2D eigenvalue weighted by atomic mass is 9.87. The smallest absolute Gasteiger partial charge is 0.133 e. The largest absolute Gasteiger partial charge is 0.400 e. The minimum atomic E-state index is 0. The number of hydrogen-bond donors (Lipinski definition) is 1. The first-order valence-corrected chi connectivity index (χ1v) is 5.13. The van der Waals surface area contributed by atoms with E-state index in [-0.39, 0.29) is 41.4 Å². The van der Waals surface area contributed by atoms with Crippen LogP contribution in [0.2, 0.25) is 0 Å². The molecule has 0 bridgehead atoms. The van der Waals surface area contributed by atoms with Gasteiger partial charge in [-0.05, 0) is 18.4 Å². The lowest BCUT2D eigenvalue weighted by molar-refractivity contribution is -0.120. The highest BCUT2D eigenvalue weighted by atomic mass is 16.2. The van der Waals surface area contributed by atoms with E-state index < -0.39 is 0 Å². The number of aliphatic hydroxyl groups excluding tert-OH is 1. The van der Waals surface area contributed by atoms with E-state index in [9.17, 15) is 4.79 Å². The molecule has 0 radical (unpaired) electrons. The minimum Gasteiger partial charge on any atom is -0.400 e. The van der Waals surface area contributed by atoms with Crippen molar-refractivity contribution in [1.29, 1.82) is 0 Å². The number of carbonyl (C=O) groups excluding carboxylic acids is 1. The number of Topliss-reactive ketones (excluding diaryl/α,β-unsaturated/α-hetero) is 1. The SMILES string of the molecule is C.C.C.C.CC(=O)C(C)C(C)c1ccccc1.CO. The average Bonchev–Trinajstić information content (AvgIpc) is 2.31. The fraction of sp³-hybridized carbons (Fsp3) is 0.588. The fourth-order valence-electron chi connectivity index (χ4n) is 1.40. The summed E-state index contributed by atoms with van der Waals surface area (Å²) in [5.41, 5.74) is 1.24. The zero-order valence-corrected chi connectivity index (χ0v) is 9.90. The van der Waals surface area contributed by atoms with Crippen molar-refractivity contribution >= 4 is 5.78 Å². The van der Waals surface area contributed by atoms with Crippen LogP contribution in [0.3, 0.4) is 0 Å². The molecule has 0 aliphatic carbocycles. The van der Waals surface area contributed by atoms with Crippen molar-refractivity contribution in [3.8, 4) is 0 Å². The van der Waals surface area contributed by atoms with Crippen molar-refractivity contribution in [3.63, 3.8) is 0 Å². The summed E-state index contributed by atoms with van der Waals surface area (Å²) >= 11 is 0. The van der Waals surface area contributed by atoms with Crippen LogP contribution < -0.4 is 0 Å². The van der Waals surface area contributed by atoms with Crippen LogP contribution in [0.25, 0.3) is 0 Å². The first kappa shape index (κ1) is 30.7. The van der Waals surface area contributed by atoms with Crippen molar-refractivity contribution in [2.24, 2.45) is 5.92 Å². The van der Waals surface area contributed by atoms with Gasteiger partial charge in [0.15, 0.2) is 0 Å². The number of carbonyl (C=O) groups is 1. The van der Waals surface area contributed by atoms with Crippen LogP contribution >= 0.6 is 0 Å². The van der Waals surface area contributed by atoms with E-state index in [1.807, 2.05) is 25.1 Å². The molecule has 2 unspecified atom stereocenters. The van der Waals surface area contributed by atoms with Crippen LogP contribution in [0.4, 0.5) is 0 Å². The van der Waals surface area contributed by atoms with E-state index >= 15 is 0 Å². The molecule has 0 fully saturated rings. The topological polar surface area (TPSA) is 37.3 Å². The Balaban J connectivity index is -0.000000104. The van der Waals surface area contributed by atoms with Gasteiger partial charge in [-0.25, -0.2) is 0 Å². The zero-order valence-electron chi connectivity index (χ0n) is 9.90. The quantitative estimate of drug-likeness (QED) is 0.824. The van der Waals surface area contributed by atoms with Crippen molar-refractivity contribution < 1.29 is 9.90 Å². The Bertz CT molecular complexity index is 281. The molecule has 1 rings (SSSR count). The van der Waals surface area contributed by atoms with Gasteiger partial charge in [0.25, 0.3) is 0 Å². The van der Waals surface area contributed by atoms with Crippen LogP contribution in [0.5, 0.6) is 0 Å². The summed E-state index contributed by atoms with van der Waals surface area (Å²) in [5.74, 6) is 0.692. The summed E-state index contributed by atoms with van der Waals surface area (Å²) in [7, 11) is 1.00. The fourth-order valence-corrected chi connectivity index (χ4v) is 1.40. The summed E-state index contributed by atoms with van der Waals surface area (Å²) in [6.45, 7) is 5.74. The van der Waals surface area contributed by atoms with Gasteiger partial charge < -0.3 is 5.11 Å². The number of rotatable bonds is 3. The zero-order chi connectivity index (χ0) is 11.8. The average molecular weight is 272 g/mol. The molecule has 2 nitrogen and oxygen atoms in total. The predicted octanol–water partition coefficient (Wildman–Crippen LogP) is 5.17.